The van der Waals surface area contributed by atoms with Crippen molar-refractivity contribution in [3.05, 3.63) is 29.6 Å². The van der Waals surface area contributed by atoms with E-state index in [1.54, 1.807) is 13.0 Å². The van der Waals surface area contributed by atoms with Crippen LogP contribution in [0.4, 0.5) is 14.9 Å². The molecule has 1 saturated carbocycles. The molecule has 2 fully saturated rings. The van der Waals surface area contributed by atoms with E-state index in [1.807, 2.05) is 0 Å². The summed E-state index contributed by atoms with van der Waals surface area (Å²) in [6.45, 7) is 4.86. The van der Waals surface area contributed by atoms with Crippen LogP contribution in [0, 0.1) is 24.6 Å². The number of aliphatic imine (C=N–C) groups is 1. The molecule has 0 aromatic heterocycles. The van der Waals surface area contributed by atoms with E-state index in [2.05, 4.69) is 15.2 Å². The Kier molecular flexibility index (Phi) is 7.43. The molecule has 0 bridgehead atoms. The summed E-state index contributed by atoms with van der Waals surface area (Å²) in [6, 6.07) is 3.86. The molecule has 3 N–H and O–H groups in total. The topological polar surface area (TPSA) is 70.7 Å². The number of benzene rings is 1. The van der Waals surface area contributed by atoms with Gasteiger partial charge < -0.3 is 16.0 Å². The number of hydrogen-bond donors (Lipinski definition) is 2. The maximum atomic E-state index is 13.5. The zero-order valence-corrected chi connectivity index (χ0v) is 16.9. The van der Waals surface area contributed by atoms with Crippen molar-refractivity contribution in [2.45, 2.75) is 58.3 Å². The fraction of sp³-hybridized carbons (Fsp3) is 0.636. The molecule has 3 rings (SSSR count). The van der Waals surface area contributed by atoms with Crippen LogP contribution in [0.25, 0.3) is 0 Å². The molecular formula is C22H33FN4O. The Balaban J connectivity index is 1.50. The van der Waals surface area contributed by atoms with E-state index in [9.17, 15) is 9.18 Å². The number of aryl methyl sites for hydroxylation is 1. The molecule has 0 spiro atoms. The van der Waals surface area contributed by atoms with E-state index in [0.717, 1.165) is 44.0 Å². The summed E-state index contributed by atoms with van der Waals surface area (Å²) < 4.78 is 13.5. The highest BCUT2D eigenvalue weighted by Gasteiger charge is 2.24. The molecule has 1 aromatic carbocycles. The zero-order valence-electron chi connectivity index (χ0n) is 16.9. The van der Waals surface area contributed by atoms with Gasteiger partial charge in [0.05, 0.1) is 0 Å². The Morgan fingerprint density at radius 2 is 2.00 bits per heavy atom. The lowest BCUT2D eigenvalue weighted by Crippen LogP contribution is -2.42. The Hall–Kier alpha value is -1.95. The number of hydrogen-bond acceptors (Lipinski definition) is 2. The Morgan fingerprint density at radius 3 is 2.75 bits per heavy atom. The monoisotopic (exact) mass is 388 g/mol. The first kappa shape index (κ1) is 20.8. The van der Waals surface area contributed by atoms with Crippen LogP contribution in [-0.4, -0.2) is 36.4 Å². The number of likely N-dealkylation sites (tertiary alicyclic amines) is 1. The van der Waals surface area contributed by atoms with Crippen molar-refractivity contribution >= 4 is 17.6 Å². The van der Waals surface area contributed by atoms with Gasteiger partial charge in [-0.25, -0.2) is 9.18 Å². The number of nitrogens with one attached hydrogen (secondary N) is 1. The number of nitrogens with two attached hydrogens (primary N) is 1. The second-order valence-electron chi connectivity index (χ2n) is 8.42. The molecule has 1 saturated heterocycles. The van der Waals surface area contributed by atoms with Crippen molar-refractivity contribution in [2.24, 2.45) is 22.6 Å². The van der Waals surface area contributed by atoms with Crippen LogP contribution in [0.15, 0.2) is 23.2 Å². The fourth-order valence-electron chi connectivity index (χ4n) is 4.51. The number of urea groups is 1. The van der Waals surface area contributed by atoms with Gasteiger partial charge in [0.15, 0.2) is 0 Å². The van der Waals surface area contributed by atoms with Crippen molar-refractivity contribution in [2.75, 3.05) is 25.0 Å². The van der Waals surface area contributed by atoms with Crippen molar-refractivity contribution in [1.82, 2.24) is 4.90 Å². The molecule has 6 heteroatoms. The molecule has 1 unspecified atom stereocenters. The highest BCUT2D eigenvalue weighted by Crippen LogP contribution is 2.27. The lowest BCUT2D eigenvalue weighted by atomic mass is 9.86. The maximum absolute atomic E-state index is 13.5. The molecule has 2 aliphatic rings. The largest absolute Gasteiger partial charge is 0.387 e. The van der Waals surface area contributed by atoms with Crippen LogP contribution in [0.1, 0.15) is 56.9 Å². The van der Waals surface area contributed by atoms with Crippen LogP contribution in [-0.2, 0) is 0 Å². The lowest BCUT2D eigenvalue weighted by molar-refractivity contribution is 0.182. The molecule has 5 nitrogen and oxygen atoms in total. The summed E-state index contributed by atoms with van der Waals surface area (Å²) in [6.07, 6.45) is 10.2. The van der Waals surface area contributed by atoms with Crippen LogP contribution < -0.4 is 11.1 Å². The van der Waals surface area contributed by atoms with Crippen LogP contribution in [0.3, 0.4) is 0 Å². The summed E-state index contributed by atoms with van der Waals surface area (Å²) >= 11 is 0. The molecular weight excluding hydrogens is 355 g/mol. The minimum atomic E-state index is -0.540. The first-order valence-corrected chi connectivity index (χ1v) is 10.6. The van der Waals surface area contributed by atoms with Gasteiger partial charge in [0.2, 0.25) is 0 Å². The molecule has 1 atom stereocenters. The van der Waals surface area contributed by atoms with Gasteiger partial charge in [-0.05, 0) is 69.0 Å². The average molecular weight is 389 g/mol. The van der Waals surface area contributed by atoms with Crippen molar-refractivity contribution in [1.29, 1.82) is 0 Å². The van der Waals surface area contributed by atoms with Crippen molar-refractivity contribution in [3.63, 3.8) is 0 Å². The van der Waals surface area contributed by atoms with E-state index in [4.69, 9.17) is 5.73 Å². The highest BCUT2D eigenvalue weighted by molar-refractivity contribution is 6.00. The lowest BCUT2D eigenvalue weighted by Gasteiger charge is -2.33. The SMILES string of the molecule is Cc1cc(F)cc(NC(=O)/N=C(\N)C2CCCN(CCC3CCCCC3)C2)c1. The quantitative estimate of drug-likeness (QED) is 0.567. The molecule has 1 aliphatic carbocycles. The third-order valence-corrected chi connectivity index (χ3v) is 6.03. The van der Waals surface area contributed by atoms with Gasteiger partial charge in [-0.15, -0.1) is 0 Å². The Bertz CT molecular complexity index is 680. The van der Waals surface area contributed by atoms with Gasteiger partial charge in [-0.3, -0.25) is 0 Å². The normalized spacial score (nSPS) is 22.2. The van der Waals surface area contributed by atoms with E-state index in [-0.39, 0.29) is 11.7 Å². The first-order valence-electron chi connectivity index (χ1n) is 10.6. The van der Waals surface area contributed by atoms with E-state index >= 15 is 0 Å². The number of rotatable bonds is 5. The van der Waals surface area contributed by atoms with E-state index in [1.165, 1.54) is 50.7 Å². The number of amidine groups is 1. The number of piperidine rings is 1. The van der Waals surface area contributed by atoms with Gasteiger partial charge in [0.25, 0.3) is 0 Å². The molecule has 1 aromatic rings. The summed E-state index contributed by atoms with van der Waals surface area (Å²) in [5, 5.41) is 2.61. The average Bonchev–Trinajstić information content (AvgIpc) is 2.66. The predicted molar refractivity (Wildman–Crippen MR) is 112 cm³/mol. The van der Waals surface area contributed by atoms with Crippen molar-refractivity contribution in [3.8, 4) is 0 Å². The third-order valence-electron chi connectivity index (χ3n) is 6.03. The zero-order chi connectivity index (χ0) is 19.9. The molecule has 1 aliphatic heterocycles. The number of amides is 2. The standard InChI is InChI=1S/C22H33FN4O/c1-16-12-19(23)14-20(13-16)25-22(28)26-21(24)18-8-5-10-27(15-18)11-9-17-6-3-2-4-7-17/h12-14,17-18H,2-11,15H2,1H3,(H3,24,25,26,28). The van der Waals surface area contributed by atoms with Gasteiger partial charge in [-0.2, -0.15) is 4.99 Å². The molecule has 2 amide bonds. The van der Waals surface area contributed by atoms with Gasteiger partial charge >= 0.3 is 6.03 Å². The number of carbonyl (C=O) groups excluding carboxylic acids is 1. The minimum Gasteiger partial charge on any atom is -0.387 e. The Labute approximate surface area is 167 Å². The summed E-state index contributed by atoms with van der Waals surface area (Å²) in [4.78, 5) is 18.7. The Morgan fingerprint density at radius 1 is 1.21 bits per heavy atom. The smallest absolute Gasteiger partial charge is 0.347 e. The summed E-state index contributed by atoms with van der Waals surface area (Å²) in [5.74, 6) is 0.988. The number of halogens is 1. The third kappa shape index (κ3) is 6.30. The second kappa shape index (κ2) is 10.0. The second-order valence-corrected chi connectivity index (χ2v) is 8.42. The summed E-state index contributed by atoms with van der Waals surface area (Å²) in [5.41, 5.74) is 7.30. The predicted octanol–water partition coefficient (Wildman–Crippen LogP) is 4.71. The van der Waals surface area contributed by atoms with E-state index in [0.29, 0.717) is 11.5 Å². The van der Waals surface area contributed by atoms with Gasteiger partial charge in [0, 0.05) is 18.2 Å². The number of nitrogens with zero attached hydrogens (tertiary/aromatic N) is 2. The fourth-order valence-corrected chi connectivity index (χ4v) is 4.51. The molecule has 28 heavy (non-hydrogen) atoms. The van der Waals surface area contributed by atoms with Crippen LogP contribution in [0.5, 0.6) is 0 Å². The molecule has 1 heterocycles. The van der Waals surface area contributed by atoms with Gasteiger partial charge in [0.1, 0.15) is 11.7 Å². The van der Waals surface area contributed by atoms with Crippen molar-refractivity contribution < 1.29 is 9.18 Å². The number of carbonyl (C=O) groups is 1. The van der Waals surface area contributed by atoms with Gasteiger partial charge in [-0.1, -0.05) is 32.1 Å². The van der Waals surface area contributed by atoms with Crippen LogP contribution >= 0.6 is 0 Å². The van der Waals surface area contributed by atoms with Crippen LogP contribution in [0.2, 0.25) is 0 Å². The minimum absolute atomic E-state index is 0.111. The number of anilines is 1. The van der Waals surface area contributed by atoms with E-state index < -0.39 is 6.03 Å². The summed E-state index contributed by atoms with van der Waals surface area (Å²) in [7, 11) is 0. The molecule has 0 radical (unpaired) electrons. The maximum Gasteiger partial charge on any atom is 0.347 e. The first-order chi connectivity index (χ1) is 13.5. The molecule has 154 valence electrons. The highest BCUT2D eigenvalue weighted by atomic mass is 19.1.